The summed E-state index contributed by atoms with van der Waals surface area (Å²) in [5, 5.41) is 1.23. The van der Waals surface area contributed by atoms with Gasteiger partial charge in [0.25, 0.3) is 0 Å². The summed E-state index contributed by atoms with van der Waals surface area (Å²) in [5.41, 5.74) is 1.58. The molecule has 2 heterocycles. The first kappa shape index (κ1) is 10.4. The molecule has 0 unspecified atom stereocenters. The molecule has 0 spiro atoms. The monoisotopic (exact) mass is 253 g/mol. The molecule has 4 heteroatoms. The van der Waals surface area contributed by atoms with E-state index in [1.165, 1.54) is 0 Å². The van der Waals surface area contributed by atoms with E-state index in [9.17, 15) is 4.79 Å². The second-order valence-electron chi connectivity index (χ2n) is 4.51. The first-order valence-electron chi connectivity index (χ1n) is 6.18. The molecule has 94 valence electrons. The van der Waals surface area contributed by atoms with Gasteiger partial charge in [-0.05, 0) is 24.3 Å². The smallest absolute Gasteiger partial charge is 0.201 e. The van der Waals surface area contributed by atoms with E-state index in [0.29, 0.717) is 35.5 Å². The molecule has 0 fully saturated rings. The molecule has 4 nitrogen and oxygen atoms in total. The van der Waals surface area contributed by atoms with Crippen LogP contribution in [-0.2, 0) is 0 Å². The van der Waals surface area contributed by atoms with Crippen molar-refractivity contribution < 1.29 is 9.47 Å². The number of aromatic nitrogens is 1. The Morgan fingerprint density at radius 3 is 2.74 bits per heavy atom. The largest absolute Gasteiger partial charge is 0.486 e. The van der Waals surface area contributed by atoms with E-state index >= 15 is 0 Å². The van der Waals surface area contributed by atoms with Crippen molar-refractivity contribution in [2.45, 2.75) is 0 Å². The highest BCUT2D eigenvalue weighted by Crippen LogP contribution is 2.35. The van der Waals surface area contributed by atoms with Gasteiger partial charge in [-0.2, -0.15) is 0 Å². The number of fused-ring (bicyclic) bond motifs is 4. The van der Waals surface area contributed by atoms with Crippen LogP contribution in [0.2, 0.25) is 0 Å². The molecule has 0 bridgehead atoms. The van der Waals surface area contributed by atoms with E-state index < -0.39 is 0 Å². The number of para-hydroxylation sites is 1. The Morgan fingerprint density at radius 2 is 1.79 bits per heavy atom. The van der Waals surface area contributed by atoms with Crippen LogP contribution in [0.1, 0.15) is 0 Å². The molecule has 0 atom stereocenters. The topological polar surface area (TPSA) is 51.3 Å². The lowest BCUT2D eigenvalue weighted by Crippen LogP contribution is -2.17. The molecule has 0 amide bonds. The molecule has 1 aliphatic heterocycles. The number of pyridine rings is 1. The molecule has 1 N–H and O–H groups in total. The number of rotatable bonds is 0. The molecule has 3 aromatic rings. The Kier molecular flexibility index (Phi) is 2.06. The van der Waals surface area contributed by atoms with Crippen LogP contribution in [0.5, 0.6) is 11.5 Å². The van der Waals surface area contributed by atoms with Crippen molar-refractivity contribution >= 4 is 21.8 Å². The van der Waals surface area contributed by atoms with Crippen LogP contribution >= 0.6 is 0 Å². The van der Waals surface area contributed by atoms with Gasteiger partial charge in [-0.1, -0.05) is 12.1 Å². The average Bonchev–Trinajstić information content (AvgIpc) is 2.47. The zero-order valence-corrected chi connectivity index (χ0v) is 10.1. The maximum Gasteiger partial charge on any atom is 0.201 e. The number of ether oxygens (including phenoxy) is 2. The number of hydrogen-bond acceptors (Lipinski definition) is 3. The summed E-state index contributed by atoms with van der Waals surface area (Å²) in [5.74, 6) is 1.19. The Labute approximate surface area is 108 Å². The van der Waals surface area contributed by atoms with Crippen molar-refractivity contribution in [1.29, 1.82) is 0 Å². The van der Waals surface area contributed by atoms with Crippen molar-refractivity contribution in [2.75, 3.05) is 13.2 Å². The third kappa shape index (κ3) is 1.43. The molecule has 1 aromatic heterocycles. The van der Waals surface area contributed by atoms with Gasteiger partial charge in [-0.15, -0.1) is 0 Å². The maximum atomic E-state index is 12.6. The predicted octanol–water partition coefficient (Wildman–Crippen LogP) is 2.45. The van der Waals surface area contributed by atoms with Gasteiger partial charge in [0, 0.05) is 10.9 Å². The summed E-state index contributed by atoms with van der Waals surface area (Å²) >= 11 is 0. The van der Waals surface area contributed by atoms with Crippen molar-refractivity contribution in [2.24, 2.45) is 0 Å². The number of aromatic amines is 1. The van der Waals surface area contributed by atoms with Crippen LogP contribution in [0.15, 0.2) is 41.2 Å². The summed E-state index contributed by atoms with van der Waals surface area (Å²) in [4.78, 5) is 15.9. The SMILES string of the molecule is O=c1c2ccccc2[nH]c2ccc3c(c12)OCCO3. The third-order valence-corrected chi connectivity index (χ3v) is 3.38. The zero-order chi connectivity index (χ0) is 12.8. The molecule has 4 rings (SSSR count). The van der Waals surface area contributed by atoms with Gasteiger partial charge in [0.2, 0.25) is 5.43 Å². The minimum absolute atomic E-state index is 0.0216. The van der Waals surface area contributed by atoms with E-state index in [1.54, 1.807) is 0 Å². The maximum absolute atomic E-state index is 12.6. The van der Waals surface area contributed by atoms with Crippen LogP contribution in [0.4, 0.5) is 0 Å². The van der Waals surface area contributed by atoms with Crippen LogP contribution in [0.3, 0.4) is 0 Å². The lowest BCUT2D eigenvalue weighted by molar-refractivity contribution is 0.174. The van der Waals surface area contributed by atoms with Gasteiger partial charge in [0.05, 0.1) is 10.9 Å². The van der Waals surface area contributed by atoms with Gasteiger partial charge in [0.1, 0.15) is 13.2 Å². The third-order valence-electron chi connectivity index (χ3n) is 3.38. The minimum Gasteiger partial charge on any atom is -0.486 e. The Morgan fingerprint density at radius 1 is 0.947 bits per heavy atom. The summed E-state index contributed by atoms with van der Waals surface area (Å²) < 4.78 is 11.1. The van der Waals surface area contributed by atoms with Crippen molar-refractivity contribution in [3.8, 4) is 11.5 Å². The second kappa shape index (κ2) is 3.75. The molecule has 0 radical (unpaired) electrons. The number of benzene rings is 2. The van der Waals surface area contributed by atoms with Crippen LogP contribution in [0, 0.1) is 0 Å². The fourth-order valence-corrected chi connectivity index (χ4v) is 2.52. The fourth-order valence-electron chi connectivity index (χ4n) is 2.52. The summed E-state index contributed by atoms with van der Waals surface area (Å²) in [6, 6.07) is 11.2. The van der Waals surface area contributed by atoms with Gasteiger partial charge < -0.3 is 14.5 Å². The lowest BCUT2D eigenvalue weighted by Gasteiger charge is -2.19. The Hall–Kier alpha value is -2.49. The number of nitrogens with one attached hydrogen (secondary N) is 1. The zero-order valence-electron chi connectivity index (χ0n) is 10.1. The minimum atomic E-state index is -0.0216. The van der Waals surface area contributed by atoms with Crippen molar-refractivity contribution in [1.82, 2.24) is 4.98 Å². The van der Waals surface area contributed by atoms with E-state index in [-0.39, 0.29) is 5.43 Å². The van der Waals surface area contributed by atoms with Crippen molar-refractivity contribution in [3.63, 3.8) is 0 Å². The van der Waals surface area contributed by atoms with Gasteiger partial charge in [0.15, 0.2) is 11.5 Å². The fraction of sp³-hybridized carbons (Fsp3) is 0.133. The first-order chi connectivity index (χ1) is 9.34. The van der Waals surface area contributed by atoms with E-state index in [2.05, 4.69) is 4.98 Å². The summed E-state index contributed by atoms with van der Waals surface area (Å²) in [7, 11) is 0. The standard InChI is InChI=1S/C15H11NO3/c17-14-9-3-1-2-4-10(9)16-11-5-6-12-15(13(11)14)19-8-7-18-12/h1-6H,7-8H2,(H,16,17). The molecular formula is C15H11NO3. The van der Waals surface area contributed by atoms with Gasteiger partial charge in [-0.25, -0.2) is 0 Å². The quantitative estimate of drug-likeness (QED) is 0.626. The Balaban J connectivity index is 2.22. The summed E-state index contributed by atoms with van der Waals surface area (Å²) in [6.07, 6.45) is 0. The molecule has 2 aromatic carbocycles. The highest BCUT2D eigenvalue weighted by molar-refractivity contribution is 5.97. The highest BCUT2D eigenvalue weighted by Gasteiger charge is 2.18. The molecule has 1 aliphatic rings. The number of H-pyrrole nitrogens is 1. The van der Waals surface area contributed by atoms with Crippen LogP contribution in [0.25, 0.3) is 21.8 Å². The van der Waals surface area contributed by atoms with Crippen molar-refractivity contribution in [3.05, 3.63) is 46.6 Å². The molecule has 19 heavy (non-hydrogen) atoms. The molecular weight excluding hydrogens is 242 g/mol. The van der Waals surface area contributed by atoms with E-state index in [0.717, 1.165) is 11.0 Å². The Bertz CT molecular complexity index is 851. The van der Waals surface area contributed by atoms with Gasteiger partial charge >= 0.3 is 0 Å². The second-order valence-corrected chi connectivity index (χ2v) is 4.51. The van der Waals surface area contributed by atoms with Crippen LogP contribution in [-0.4, -0.2) is 18.2 Å². The predicted molar refractivity (Wildman–Crippen MR) is 73.1 cm³/mol. The van der Waals surface area contributed by atoms with Gasteiger partial charge in [-0.3, -0.25) is 4.79 Å². The first-order valence-corrected chi connectivity index (χ1v) is 6.18. The molecule has 0 aliphatic carbocycles. The average molecular weight is 253 g/mol. The lowest BCUT2D eigenvalue weighted by atomic mass is 10.1. The van der Waals surface area contributed by atoms with E-state index in [1.807, 2.05) is 36.4 Å². The summed E-state index contributed by atoms with van der Waals surface area (Å²) in [6.45, 7) is 0.988. The molecule has 0 saturated heterocycles. The van der Waals surface area contributed by atoms with E-state index in [4.69, 9.17) is 9.47 Å². The van der Waals surface area contributed by atoms with Crippen LogP contribution < -0.4 is 14.9 Å². The number of hydrogen-bond donors (Lipinski definition) is 1. The highest BCUT2D eigenvalue weighted by atomic mass is 16.6. The normalized spacial score (nSPS) is 13.9. The molecule has 0 saturated carbocycles.